The highest BCUT2D eigenvalue weighted by atomic mass is 35.5. The number of aromatic nitrogens is 3. The summed E-state index contributed by atoms with van der Waals surface area (Å²) in [7, 11) is 0. The summed E-state index contributed by atoms with van der Waals surface area (Å²) in [5, 5.41) is 4.66. The Bertz CT molecular complexity index is 1270. The minimum absolute atomic E-state index is 0.181. The second-order valence-corrected chi connectivity index (χ2v) is 6.74. The minimum atomic E-state index is -0.414. The summed E-state index contributed by atoms with van der Waals surface area (Å²) in [6, 6.07) is 8.56. The molecule has 0 saturated heterocycles. The first-order chi connectivity index (χ1) is 13.0. The molecule has 3 aromatic heterocycles. The van der Waals surface area contributed by atoms with Crippen LogP contribution < -0.4 is 16.6 Å². The molecule has 0 aliphatic heterocycles. The van der Waals surface area contributed by atoms with E-state index in [1.165, 1.54) is 10.8 Å². The smallest absolute Gasteiger partial charge is 0.406 e. The van der Waals surface area contributed by atoms with Crippen molar-refractivity contribution in [3.63, 3.8) is 0 Å². The summed E-state index contributed by atoms with van der Waals surface area (Å²) >= 11 is 6.05. The van der Waals surface area contributed by atoms with Crippen LogP contribution in [0, 0.1) is 0 Å². The first kappa shape index (κ1) is 17.4. The van der Waals surface area contributed by atoms with Crippen LogP contribution in [0.3, 0.4) is 0 Å². The van der Waals surface area contributed by atoms with Crippen LogP contribution in [0.15, 0.2) is 50.5 Å². The number of oxazole rings is 1. The number of anilines is 1. The van der Waals surface area contributed by atoms with E-state index >= 15 is 0 Å². The zero-order chi connectivity index (χ0) is 19.1. The number of aromatic amines is 1. The molecule has 4 rings (SSSR count). The maximum Gasteiger partial charge on any atom is 0.419 e. The number of aryl methyl sites for hydroxylation is 1. The molecule has 8 heteroatoms. The van der Waals surface area contributed by atoms with Gasteiger partial charge in [0.25, 0.3) is 5.56 Å². The van der Waals surface area contributed by atoms with Crippen molar-refractivity contribution in [3.05, 3.63) is 68.0 Å². The number of nitrogens with zero attached hydrogens (tertiary/aromatic N) is 2. The molecule has 3 heterocycles. The molecule has 0 aliphatic carbocycles. The van der Waals surface area contributed by atoms with E-state index in [9.17, 15) is 9.59 Å². The monoisotopic (exact) mass is 384 g/mol. The highest BCUT2D eigenvalue weighted by Gasteiger charge is 2.14. The molecule has 1 atom stereocenters. The lowest BCUT2D eigenvalue weighted by atomic mass is 10.1. The van der Waals surface area contributed by atoms with Gasteiger partial charge in [-0.25, -0.2) is 9.78 Å². The molecule has 0 radical (unpaired) electrons. The zero-order valence-electron chi connectivity index (χ0n) is 14.7. The van der Waals surface area contributed by atoms with Gasteiger partial charge in [-0.2, -0.15) is 0 Å². The van der Waals surface area contributed by atoms with Gasteiger partial charge in [-0.05, 0) is 38.1 Å². The van der Waals surface area contributed by atoms with Crippen LogP contribution >= 0.6 is 11.6 Å². The summed E-state index contributed by atoms with van der Waals surface area (Å²) < 4.78 is 6.69. The Hall–Kier alpha value is -3.06. The van der Waals surface area contributed by atoms with Crippen molar-refractivity contribution in [2.75, 3.05) is 5.32 Å². The van der Waals surface area contributed by atoms with Crippen LogP contribution in [-0.2, 0) is 6.54 Å². The Kier molecular flexibility index (Phi) is 4.24. The van der Waals surface area contributed by atoms with Gasteiger partial charge in [-0.15, -0.1) is 0 Å². The molecule has 27 heavy (non-hydrogen) atoms. The summed E-state index contributed by atoms with van der Waals surface area (Å²) in [5.41, 5.74) is 2.20. The van der Waals surface area contributed by atoms with Gasteiger partial charge in [0.2, 0.25) is 0 Å². The van der Waals surface area contributed by atoms with E-state index in [1.807, 2.05) is 19.9 Å². The Morgan fingerprint density at radius 2 is 2.11 bits per heavy atom. The van der Waals surface area contributed by atoms with Crippen LogP contribution in [0.1, 0.15) is 25.5 Å². The number of nitrogens with one attached hydrogen (secondary N) is 2. The summed E-state index contributed by atoms with van der Waals surface area (Å²) in [6.45, 7) is 4.23. The van der Waals surface area contributed by atoms with Gasteiger partial charge in [0.15, 0.2) is 5.58 Å². The second kappa shape index (κ2) is 6.59. The molecule has 0 spiro atoms. The molecule has 2 N–H and O–H groups in total. The van der Waals surface area contributed by atoms with E-state index in [2.05, 4.69) is 15.3 Å². The number of benzene rings is 1. The second-order valence-electron chi connectivity index (χ2n) is 6.30. The first-order valence-corrected chi connectivity index (χ1v) is 8.92. The van der Waals surface area contributed by atoms with Crippen molar-refractivity contribution >= 4 is 39.4 Å². The maximum atomic E-state index is 12.5. The fourth-order valence-corrected chi connectivity index (χ4v) is 3.34. The SMILES string of the molecule is CCn1c(=O)oc2cnc(N[C@@H](C)c3cc4cc(Cl)ccc4[nH]c3=O)cc21. The van der Waals surface area contributed by atoms with Crippen molar-refractivity contribution < 1.29 is 4.42 Å². The fourth-order valence-electron chi connectivity index (χ4n) is 3.16. The van der Waals surface area contributed by atoms with Crippen molar-refractivity contribution in [2.45, 2.75) is 26.4 Å². The maximum absolute atomic E-state index is 12.5. The molecule has 0 amide bonds. The topological polar surface area (TPSA) is 92.9 Å². The lowest BCUT2D eigenvalue weighted by molar-refractivity contribution is 0.512. The number of H-pyrrole nitrogens is 1. The third kappa shape index (κ3) is 3.10. The average molecular weight is 385 g/mol. The standard InChI is InChI=1S/C19H17ClN4O3/c1-3-24-15-8-17(21-9-16(15)27-19(24)26)22-10(2)13-7-11-6-12(20)4-5-14(11)23-18(13)25/h4-10H,3H2,1-2H3,(H,21,22)(H,23,25)/t10-/m0/s1. The first-order valence-electron chi connectivity index (χ1n) is 8.54. The van der Waals surface area contributed by atoms with Crippen molar-refractivity contribution in [1.29, 1.82) is 0 Å². The number of pyridine rings is 2. The van der Waals surface area contributed by atoms with E-state index in [0.717, 1.165) is 10.9 Å². The third-order valence-electron chi connectivity index (χ3n) is 4.54. The average Bonchev–Trinajstić information content (AvgIpc) is 2.95. The quantitative estimate of drug-likeness (QED) is 0.560. The van der Waals surface area contributed by atoms with E-state index in [4.69, 9.17) is 16.0 Å². The van der Waals surface area contributed by atoms with Crippen molar-refractivity contribution in [2.24, 2.45) is 0 Å². The van der Waals surface area contributed by atoms with E-state index in [-0.39, 0.29) is 11.6 Å². The summed E-state index contributed by atoms with van der Waals surface area (Å²) in [6.07, 6.45) is 1.50. The molecule has 0 fully saturated rings. The molecule has 1 aromatic carbocycles. The number of hydrogen-bond acceptors (Lipinski definition) is 5. The highest BCUT2D eigenvalue weighted by molar-refractivity contribution is 6.31. The molecule has 0 unspecified atom stereocenters. The number of halogens is 1. The number of rotatable bonds is 4. The zero-order valence-corrected chi connectivity index (χ0v) is 15.5. The fraction of sp³-hybridized carbons (Fsp3) is 0.211. The van der Waals surface area contributed by atoms with Crippen LogP contribution in [-0.4, -0.2) is 14.5 Å². The lowest BCUT2D eigenvalue weighted by Crippen LogP contribution is -2.19. The van der Waals surface area contributed by atoms with Gasteiger partial charge in [0.1, 0.15) is 5.82 Å². The number of fused-ring (bicyclic) bond motifs is 2. The molecular formula is C19H17ClN4O3. The van der Waals surface area contributed by atoms with Gasteiger partial charge in [-0.1, -0.05) is 11.6 Å². The summed E-state index contributed by atoms with van der Waals surface area (Å²) in [4.78, 5) is 31.4. The van der Waals surface area contributed by atoms with Crippen molar-refractivity contribution in [1.82, 2.24) is 14.5 Å². The molecule has 0 aliphatic rings. The van der Waals surface area contributed by atoms with Gasteiger partial charge in [0, 0.05) is 34.1 Å². The van der Waals surface area contributed by atoms with Crippen molar-refractivity contribution in [3.8, 4) is 0 Å². The van der Waals surface area contributed by atoms with Crippen LogP contribution in [0.25, 0.3) is 22.0 Å². The number of hydrogen-bond donors (Lipinski definition) is 2. The summed E-state index contributed by atoms with van der Waals surface area (Å²) in [5.74, 6) is 0.131. The van der Waals surface area contributed by atoms with E-state index < -0.39 is 5.76 Å². The molecule has 0 saturated carbocycles. The Balaban J connectivity index is 1.71. The van der Waals surface area contributed by atoms with Gasteiger partial charge in [-0.3, -0.25) is 9.36 Å². The molecular weight excluding hydrogens is 368 g/mol. The molecule has 7 nitrogen and oxygen atoms in total. The predicted octanol–water partition coefficient (Wildman–Crippen LogP) is 3.68. The van der Waals surface area contributed by atoms with Gasteiger partial charge < -0.3 is 14.7 Å². The Labute approximate surface area is 158 Å². The molecule has 4 aromatic rings. The minimum Gasteiger partial charge on any atom is -0.406 e. The van der Waals surface area contributed by atoms with Crippen LogP contribution in [0.2, 0.25) is 5.02 Å². The lowest BCUT2D eigenvalue weighted by Gasteiger charge is -2.15. The Morgan fingerprint density at radius 1 is 1.30 bits per heavy atom. The van der Waals surface area contributed by atoms with Gasteiger partial charge in [0.05, 0.1) is 17.8 Å². The van der Waals surface area contributed by atoms with E-state index in [1.54, 1.807) is 24.3 Å². The van der Waals surface area contributed by atoms with Gasteiger partial charge >= 0.3 is 5.76 Å². The van der Waals surface area contributed by atoms with E-state index in [0.29, 0.717) is 34.0 Å². The Morgan fingerprint density at radius 3 is 2.89 bits per heavy atom. The molecule has 0 bridgehead atoms. The normalized spacial score (nSPS) is 12.6. The predicted molar refractivity (Wildman–Crippen MR) is 106 cm³/mol. The largest absolute Gasteiger partial charge is 0.419 e. The van der Waals surface area contributed by atoms with Crippen LogP contribution in [0.5, 0.6) is 0 Å². The van der Waals surface area contributed by atoms with Crippen LogP contribution in [0.4, 0.5) is 5.82 Å². The third-order valence-corrected chi connectivity index (χ3v) is 4.77. The highest BCUT2D eigenvalue weighted by Crippen LogP contribution is 2.23. The molecule has 138 valence electrons.